The van der Waals surface area contributed by atoms with E-state index in [1.165, 1.54) is 0 Å². The second-order valence-electron chi connectivity index (χ2n) is 7.23. The Balaban J connectivity index is 1.43. The van der Waals surface area contributed by atoms with Gasteiger partial charge in [-0.25, -0.2) is 0 Å². The molecule has 10 heteroatoms. The quantitative estimate of drug-likeness (QED) is 0.708. The minimum atomic E-state index is -4.86. The maximum absolute atomic E-state index is 12.5. The summed E-state index contributed by atoms with van der Waals surface area (Å²) in [4.78, 5) is 24.2. The number of nitrogens with one attached hydrogen (secondary N) is 2. The normalized spacial score (nSPS) is 14.4. The zero-order chi connectivity index (χ0) is 23.1. The number of amides is 2. The van der Waals surface area contributed by atoms with E-state index >= 15 is 0 Å². The Hall–Kier alpha value is -3.74. The van der Waals surface area contributed by atoms with Crippen molar-refractivity contribution in [1.82, 2.24) is 4.90 Å². The van der Waals surface area contributed by atoms with Gasteiger partial charge in [-0.1, -0.05) is 6.07 Å². The van der Waals surface area contributed by atoms with Gasteiger partial charge in [0.05, 0.1) is 18.2 Å². The van der Waals surface area contributed by atoms with Gasteiger partial charge in [0.25, 0.3) is 0 Å². The van der Waals surface area contributed by atoms with Crippen LogP contribution in [0.2, 0.25) is 0 Å². The molecule has 7 nitrogen and oxygen atoms in total. The van der Waals surface area contributed by atoms with Crippen molar-refractivity contribution >= 4 is 23.2 Å². The fourth-order valence-corrected chi connectivity index (χ4v) is 3.25. The molecule has 1 saturated heterocycles. The molecular weight excluding hydrogens is 425 g/mol. The number of carbonyl (C=O) groups is 2. The minimum absolute atomic E-state index is 0.0125. The molecule has 3 rings (SSSR count). The smallest absolute Gasteiger partial charge is 0.471 e. The lowest BCUT2D eigenvalue weighted by Gasteiger charge is -2.32. The van der Waals surface area contributed by atoms with E-state index in [9.17, 15) is 22.8 Å². The molecule has 2 aromatic carbocycles. The van der Waals surface area contributed by atoms with Crippen LogP contribution in [-0.2, 0) is 9.59 Å². The van der Waals surface area contributed by atoms with E-state index in [-0.39, 0.29) is 31.6 Å². The van der Waals surface area contributed by atoms with Gasteiger partial charge in [-0.2, -0.15) is 18.4 Å². The van der Waals surface area contributed by atoms with E-state index in [0.29, 0.717) is 35.5 Å². The van der Waals surface area contributed by atoms with Crippen LogP contribution in [0.25, 0.3) is 0 Å². The topological polar surface area (TPSA) is 94.5 Å². The molecule has 0 aromatic heterocycles. The monoisotopic (exact) mass is 446 g/mol. The molecule has 32 heavy (non-hydrogen) atoms. The lowest BCUT2D eigenvalue weighted by molar-refractivity contribution is -0.187. The number of rotatable bonds is 6. The highest BCUT2D eigenvalue weighted by atomic mass is 19.4. The van der Waals surface area contributed by atoms with Crippen LogP contribution in [0.3, 0.4) is 0 Å². The average molecular weight is 446 g/mol. The molecule has 0 unspecified atom stereocenters. The summed E-state index contributed by atoms with van der Waals surface area (Å²) >= 11 is 0. The molecule has 2 aromatic rings. The first-order chi connectivity index (χ1) is 15.2. The molecule has 0 atom stereocenters. The van der Waals surface area contributed by atoms with Crippen molar-refractivity contribution in [3.8, 4) is 11.8 Å². The van der Waals surface area contributed by atoms with Crippen molar-refractivity contribution in [2.75, 3.05) is 30.3 Å². The number of anilines is 2. The lowest BCUT2D eigenvalue weighted by atomic mass is 10.1. The van der Waals surface area contributed by atoms with E-state index < -0.39 is 12.1 Å². The molecule has 1 aliphatic rings. The van der Waals surface area contributed by atoms with Gasteiger partial charge in [-0.3, -0.25) is 9.59 Å². The van der Waals surface area contributed by atoms with Crippen LogP contribution in [0.4, 0.5) is 24.5 Å². The van der Waals surface area contributed by atoms with Crippen LogP contribution in [0.15, 0.2) is 48.5 Å². The Labute approximate surface area is 182 Å². The van der Waals surface area contributed by atoms with Gasteiger partial charge >= 0.3 is 12.1 Å². The van der Waals surface area contributed by atoms with Crippen molar-refractivity contribution in [2.45, 2.75) is 25.1 Å². The van der Waals surface area contributed by atoms with E-state index in [1.807, 2.05) is 6.07 Å². The number of nitrogens with zero attached hydrogens (tertiary/aromatic N) is 2. The molecule has 1 fully saturated rings. The van der Waals surface area contributed by atoms with Crippen LogP contribution in [0.5, 0.6) is 5.75 Å². The van der Waals surface area contributed by atoms with Crippen LogP contribution >= 0.6 is 0 Å². The Morgan fingerprint density at radius 3 is 2.41 bits per heavy atom. The van der Waals surface area contributed by atoms with E-state index in [1.54, 1.807) is 48.5 Å². The highest BCUT2D eigenvalue weighted by molar-refractivity contribution is 5.93. The van der Waals surface area contributed by atoms with Gasteiger partial charge < -0.3 is 20.3 Å². The van der Waals surface area contributed by atoms with E-state index in [2.05, 4.69) is 10.6 Å². The number of likely N-dealkylation sites (tertiary alicyclic amines) is 1. The molecule has 0 bridgehead atoms. The summed E-state index contributed by atoms with van der Waals surface area (Å²) in [5.41, 5.74) is 1.70. The highest BCUT2D eigenvalue weighted by Gasteiger charge is 2.43. The number of piperidine rings is 1. The van der Waals surface area contributed by atoms with Gasteiger partial charge in [-0.15, -0.1) is 0 Å². The van der Waals surface area contributed by atoms with Crippen LogP contribution in [0.1, 0.15) is 18.4 Å². The molecule has 2 amide bonds. The summed E-state index contributed by atoms with van der Waals surface area (Å²) in [7, 11) is 0. The van der Waals surface area contributed by atoms with Crippen molar-refractivity contribution in [3.05, 3.63) is 54.1 Å². The van der Waals surface area contributed by atoms with Crippen molar-refractivity contribution < 1.29 is 27.5 Å². The number of nitriles is 1. The van der Waals surface area contributed by atoms with E-state index in [0.717, 1.165) is 4.90 Å². The molecule has 1 heterocycles. The van der Waals surface area contributed by atoms with Gasteiger partial charge in [0.1, 0.15) is 11.9 Å². The van der Waals surface area contributed by atoms with Crippen LogP contribution < -0.4 is 15.4 Å². The predicted molar refractivity (Wildman–Crippen MR) is 111 cm³/mol. The molecule has 168 valence electrons. The van der Waals surface area contributed by atoms with Crippen molar-refractivity contribution in [3.63, 3.8) is 0 Å². The van der Waals surface area contributed by atoms with Crippen LogP contribution in [-0.4, -0.2) is 48.6 Å². The van der Waals surface area contributed by atoms with Gasteiger partial charge in [0.15, 0.2) is 0 Å². The third-order valence-corrected chi connectivity index (χ3v) is 4.86. The molecule has 0 radical (unpaired) electrons. The second-order valence-corrected chi connectivity index (χ2v) is 7.23. The first-order valence-electron chi connectivity index (χ1n) is 9.91. The number of hydrogen-bond donors (Lipinski definition) is 2. The zero-order valence-corrected chi connectivity index (χ0v) is 17.0. The highest BCUT2D eigenvalue weighted by Crippen LogP contribution is 2.24. The third kappa shape index (κ3) is 6.38. The Bertz CT molecular complexity index is 995. The summed E-state index contributed by atoms with van der Waals surface area (Å²) in [5, 5.41) is 14.6. The number of hydrogen-bond acceptors (Lipinski definition) is 5. The third-order valence-electron chi connectivity index (χ3n) is 4.86. The first-order valence-corrected chi connectivity index (χ1v) is 9.91. The molecule has 2 N–H and O–H groups in total. The molecule has 0 saturated carbocycles. The number of carbonyl (C=O) groups excluding carboxylic acids is 2. The van der Waals surface area contributed by atoms with Crippen molar-refractivity contribution in [1.29, 1.82) is 5.26 Å². The number of benzene rings is 2. The fraction of sp³-hybridized carbons (Fsp3) is 0.318. The predicted octanol–water partition coefficient (Wildman–Crippen LogP) is 3.54. The molecule has 0 spiro atoms. The number of ether oxygens (including phenoxy) is 1. The van der Waals surface area contributed by atoms with Gasteiger partial charge in [0.2, 0.25) is 5.91 Å². The summed E-state index contributed by atoms with van der Waals surface area (Å²) < 4.78 is 43.3. The Morgan fingerprint density at radius 2 is 1.78 bits per heavy atom. The molecule has 0 aliphatic carbocycles. The SMILES string of the molecule is N#Cc1cccc(NCC(=O)Nc2ccc(OC3CCN(C(=O)C(F)(F)F)CC3)cc2)c1. The van der Waals surface area contributed by atoms with Crippen molar-refractivity contribution in [2.24, 2.45) is 0 Å². The summed E-state index contributed by atoms with van der Waals surface area (Å²) in [5.74, 6) is -1.57. The fourth-order valence-electron chi connectivity index (χ4n) is 3.25. The van der Waals surface area contributed by atoms with Gasteiger partial charge in [-0.05, 0) is 42.5 Å². The summed E-state index contributed by atoms with van der Waals surface area (Å²) in [6.45, 7) is -0.00873. The summed E-state index contributed by atoms with van der Waals surface area (Å²) in [6.07, 6.45) is -4.54. The lowest BCUT2D eigenvalue weighted by Crippen LogP contribution is -2.47. The second kappa shape index (κ2) is 10.0. The van der Waals surface area contributed by atoms with E-state index in [4.69, 9.17) is 10.00 Å². The minimum Gasteiger partial charge on any atom is -0.490 e. The first kappa shape index (κ1) is 22.9. The summed E-state index contributed by atoms with van der Waals surface area (Å²) in [6, 6.07) is 15.4. The van der Waals surface area contributed by atoms with Gasteiger partial charge in [0, 0.05) is 37.3 Å². The maximum atomic E-state index is 12.5. The Kier molecular flexibility index (Phi) is 7.20. The largest absolute Gasteiger partial charge is 0.490 e. The van der Waals surface area contributed by atoms with Crippen LogP contribution in [0, 0.1) is 11.3 Å². The molecular formula is C22H21F3N4O3. The molecule has 1 aliphatic heterocycles. The average Bonchev–Trinajstić information content (AvgIpc) is 2.78. The zero-order valence-electron chi connectivity index (χ0n) is 17.0. The number of halogens is 3. The maximum Gasteiger partial charge on any atom is 0.471 e. The standard InChI is InChI=1S/C22H21F3N4O3/c23-22(24,25)21(31)29-10-8-19(9-11-29)32-18-6-4-16(5-7-18)28-20(30)14-27-17-3-1-2-15(12-17)13-26/h1-7,12,19,27H,8-11,14H2,(H,28,30). The Morgan fingerprint density at radius 1 is 1.09 bits per heavy atom. The number of alkyl halides is 3.